The lowest BCUT2D eigenvalue weighted by Gasteiger charge is -2.10. The van der Waals surface area contributed by atoms with Crippen LogP contribution in [-0.2, 0) is 10.2 Å². The smallest absolute Gasteiger partial charge is 0.237 e. The normalized spacial score (nSPS) is 19.3. The topological polar surface area (TPSA) is 46.1 Å². The van der Waals surface area contributed by atoms with E-state index in [1.807, 2.05) is 26.1 Å². The Balaban J connectivity index is 2.08. The highest BCUT2D eigenvalue weighted by molar-refractivity contribution is 6.34. The number of aryl methyl sites for hydroxylation is 1. The molecule has 1 aliphatic heterocycles. The lowest BCUT2D eigenvalue weighted by atomic mass is 9.96. The second kappa shape index (κ2) is 3.25. The van der Waals surface area contributed by atoms with E-state index in [2.05, 4.69) is 9.97 Å². The van der Waals surface area contributed by atoms with Crippen LogP contribution >= 0.6 is 11.6 Å². The summed E-state index contributed by atoms with van der Waals surface area (Å²) in [5.41, 5.74) is 2.56. The molecule has 2 aromatic rings. The lowest BCUT2D eigenvalue weighted by molar-refractivity contribution is -0.119. The molecule has 0 saturated heterocycles. The first kappa shape index (κ1) is 11.2. The van der Waals surface area contributed by atoms with Gasteiger partial charge >= 0.3 is 0 Å². The first-order valence-electron chi connectivity index (χ1n) is 6.29. The molecule has 4 rings (SSSR count). The number of aromatic nitrogens is 2. The number of rotatable bonds is 0. The van der Waals surface area contributed by atoms with Crippen molar-refractivity contribution in [1.82, 2.24) is 9.97 Å². The molecule has 1 fully saturated rings. The molecule has 1 aromatic heterocycles. The van der Waals surface area contributed by atoms with Crippen LogP contribution in [0.4, 0.5) is 5.69 Å². The fourth-order valence-corrected chi connectivity index (χ4v) is 3.32. The Kier molecular flexibility index (Phi) is 1.91. The molecule has 0 unspecified atom stereocenters. The zero-order chi connectivity index (χ0) is 13.4. The Morgan fingerprint density at radius 1 is 1.32 bits per heavy atom. The van der Waals surface area contributed by atoms with Gasteiger partial charge in [-0.3, -0.25) is 4.79 Å². The minimum atomic E-state index is -0.285. The van der Waals surface area contributed by atoms with Gasteiger partial charge in [-0.15, -0.1) is 0 Å². The Morgan fingerprint density at radius 2 is 2.05 bits per heavy atom. The summed E-state index contributed by atoms with van der Waals surface area (Å²) in [6, 6.07) is 3.96. The third-order valence-electron chi connectivity index (χ3n) is 4.22. The van der Waals surface area contributed by atoms with Crippen LogP contribution in [0, 0.1) is 6.92 Å². The van der Waals surface area contributed by atoms with Crippen LogP contribution in [0.25, 0.3) is 10.9 Å². The molecule has 1 aromatic carbocycles. The Labute approximate surface area is 115 Å². The zero-order valence-electron chi connectivity index (χ0n) is 10.7. The molecular weight excluding hydrogens is 262 g/mol. The molecular formula is C14H12ClN3O. The van der Waals surface area contributed by atoms with Crippen molar-refractivity contribution in [2.45, 2.75) is 25.2 Å². The third-order valence-corrected chi connectivity index (χ3v) is 4.51. The van der Waals surface area contributed by atoms with Gasteiger partial charge < -0.3 is 4.90 Å². The van der Waals surface area contributed by atoms with Gasteiger partial charge in [0, 0.05) is 18.1 Å². The fraction of sp³-hybridized carbons (Fsp3) is 0.357. The molecule has 1 spiro atoms. The van der Waals surface area contributed by atoms with Crippen LogP contribution in [-0.4, -0.2) is 22.9 Å². The molecule has 0 radical (unpaired) electrons. The number of hydrogen-bond donors (Lipinski definition) is 0. The summed E-state index contributed by atoms with van der Waals surface area (Å²) >= 11 is 6.20. The first-order valence-corrected chi connectivity index (χ1v) is 6.67. The van der Waals surface area contributed by atoms with E-state index in [0.29, 0.717) is 11.0 Å². The van der Waals surface area contributed by atoms with E-state index in [1.165, 1.54) is 0 Å². The average molecular weight is 274 g/mol. The molecule has 4 nitrogen and oxygen atoms in total. The van der Waals surface area contributed by atoms with E-state index in [1.54, 1.807) is 4.90 Å². The van der Waals surface area contributed by atoms with Gasteiger partial charge in [0.2, 0.25) is 5.91 Å². The van der Waals surface area contributed by atoms with Crippen LogP contribution < -0.4 is 4.90 Å². The number of amides is 1. The van der Waals surface area contributed by atoms with Crippen molar-refractivity contribution in [1.29, 1.82) is 0 Å². The molecule has 0 N–H and O–H groups in total. The van der Waals surface area contributed by atoms with Crippen molar-refractivity contribution in [3.05, 3.63) is 28.7 Å². The van der Waals surface area contributed by atoms with Gasteiger partial charge in [0.15, 0.2) is 0 Å². The SMILES string of the molecule is Cc1nc(Cl)c2cc3c(cc2n1)N(C)C(=O)C31CC1. The van der Waals surface area contributed by atoms with Crippen LogP contribution in [0.5, 0.6) is 0 Å². The maximum Gasteiger partial charge on any atom is 0.237 e. The highest BCUT2D eigenvalue weighted by Crippen LogP contribution is 2.57. The highest BCUT2D eigenvalue weighted by atomic mass is 35.5. The van der Waals surface area contributed by atoms with Crippen molar-refractivity contribution >= 4 is 34.1 Å². The fourth-order valence-electron chi connectivity index (χ4n) is 3.05. The van der Waals surface area contributed by atoms with Crippen LogP contribution in [0.15, 0.2) is 12.1 Å². The summed E-state index contributed by atoms with van der Waals surface area (Å²) in [4.78, 5) is 22.7. The standard InChI is InChI=1S/C14H12ClN3O/c1-7-16-10-6-11-9(5-8(10)12(15)17-7)14(3-4-14)13(19)18(11)2/h5-6H,3-4H2,1-2H3. The summed E-state index contributed by atoms with van der Waals surface area (Å²) in [5.74, 6) is 0.837. The summed E-state index contributed by atoms with van der Waals surface area (Å²) < 4.78 is 0. The maximum atomic E-state index is 12.3. The van der Waals surface area contributed by atoms with E-state index in [4.69, 9.17) is 11.6 Å². The van der Waals surface area contributed by atoms with Gasteiger partial charge in [0.05, 0.1) is 10.9 Å². The molecule has 19 heavy (non-hydrogen) atoms. The van der Waals surface area contributed by atoms with Crippen molar-refractivity contribution in [2.24, 2.45) is 0 Å². The van der Waals surface area contributed by atoms with E-state index in [-0.39, 0.29) is 11.3 Å². The summed E-state index contributed by atoms with van der Waals surface area (Å²) in [6.45, 7) is 1.82. The van der Waals surface area contributed by atoms with Crippen LogP contribution in [0.2, 0.25) is 5.15 Å². The predicted octanol–water partition coefficient (Wildman–Crippen LogP) is 2.60. The minimum Gasteiger partial charge on any atom is -0.314 e. The number of anilines is 1. The van der Waals surface area contributed by atoms with Gasteiger partial charge in [-0.2, -0.15) is 0 Å². The molecule has 1 amide bonds. The minimum absolute atomic E-state index is 0.193. The second-order valence-corrected chi connectivity index (χ2v) is 5.75. The quantitative estimate of drug-likeness (QED) is 0.693. The maximum absolute atomic E-state index is 12.3. The molecule has 0 atom stereocenters. The monoisotopic (exact) mass is 273 g/mol. The number of carbonyl (C=O) groups excluding carboxylic acids is 1. The van der Waals surface area contributed by atoms with E-state index in [0.717, 1.165) is 35.0 Å². The summed E-state index contributed by atoms with van der Waals surface area (Å²) in [6.07, 6.45) is 1.86. The van der Waals surface area contributed by atoms with E-state index >= 15 is 0 Å². The Hall–Kier alpha value is -1.68. The third kappa shape index (κ3) is 1.27. The number of fused-ring (bicyclic) bond motifs is 3. The molecule has 5 heteroatoms. The number of hydrogen-bond acceptors (Lipinski definition) is 3. The first-order chi connectivity index (χ1) is 9.03. The molecule has 2 heterocycles. The van der Waals surface area contributed by atoms with Crippen molar-refractivity contribution < 1.29 is 4.79 Å². The average Bonchev–Trinajstić information content (AvgIpc) is 3.13. The van der Waals surface area contributed by atoms with Crippen molar-refractivity contribution in [3.63, 3.8) is 0 Å². The van der Waals surface area contributed by atoms with Gasteiger partial charge in [-0.05, 0) is 37.5 Å². The van der Waals surface area contributed by atoms with E-state index in [9.17, 15) is 4.79 Å². The Morgan fingerprint density at radius 3 is 2.74 bits per heavy atom. The van der Waals surface area contributed by atoms with Crippen LogP contribution in [0.3, 0.4) is 0 Å². The molecule has 2 aliphatic rings. The van der Waals surface area contributed by atoms with Gasteiger partial charge in [0.1, 0.15) is 11.0 Å². The highest BCUT2D eigenvalue weighted by Gasteiger charge is 2.58. The summed E-state index contributed by atoms with van der Waals surface area (Å²) in [5, 5.41) is 1.29. The van der Waals surface area contributed by atoms with Gasteiger partial charge in [-0.25, -0.2) is 9.97 Å². The van der Waals surface area contributed by atoms with Crippen molar-refractivity contribution in [2.75, 3.05) is 11.9 Å². The summed E-state index contributed by atoms with van der Waals surface area (Å²) in [7, 11) is 1.83. The number of nitrogens with zero attached hydrogens (tertiary/aromatic N) is 3. The zero-order valence-corrected chi connectivity index (χ0v) is 11.5. The van der Waals surface area contributed by atoms with E-state index < -0.39 is 0 Å². The molecule has 0 bridgehead atoms. The molecule has 1 aliphatic carbocycles. The Bertz CT molecular complexity index is 752. The predicted molar refractivity (Wildman–Crippen MR) is 73.6 cm³/mol. The second-order valence-electron chi connectivity index (χ2n) is 5.39. The number of halogens is 1. The molecule has 96 valence electrons. The van der Waals surface area contributed by atoms with Gasteiger partial charge in [0.25, 0.3) is 0 Å². The van der Waals surface area contributed by atoms with Crippen LogP contribution in [0.1, 0.15) is 24.2 Å². The van der Waals surface area contributed by atoms with Crippen molar-refractivity contribution in [3.8, 4) is 0 Å². The number of carbonyl (C=O) groups is 1. The number of benzene rings is 1. The number of likely N-dealkylation sites (N-methyl/N-ethyl adjacent to an activating group) is 1. The lowest BCUT2D eigenvalue weighted by Crippen LogP contribution is -2.27. The largest absolute Gasteiger partial charge is 0.314 e. The molecule has 1 saturated carbocycles. The van der Waals surface area contributed by atoms with Gasteiger partial charge in [-0.1, -0.05) is 11.6 Å².